The lowest BCUT2D eigenvalue weighted by molar-refractivity contribution is -0.118. The van der Waals surface area contributed by atoms with Crippen LogP contribution in [-0.4, -0.2) is 36.5 Å². The highest BCUT2D eigenvalue weighted by Gasteiger charge is 2.31. The second-order valence-corrected chi connectivity index (χ2v) is 7.33. The van der Waals surface area contributed by atoms with Crippen LogP contribution in [0.4, 0.5) is 4.79 Å². The molecule has 3 amide bonds. The number of hydrogen-bond donors (Lipinski definition) is 2. The first-order valence-electron chi connectivity index (χ1n) is 8.59. The van der Waals surface area contributed by atoms with E-state index >= 15 is 0 Å². The predicted molar refractivity (Wildman–Crippen MR) is 106 cm³/mol. The van der Waals surface area contributed by atoms with Crippen molar-refractivity contribution in [1.82, 2.24) is 10.6 Å². The summed E-state index contributed by atoms with van der Waals surface area (Å²) in [6.07, 6.45) is 0.352. The second-order valence-electron chi connectivity index (χ2n) is 6.15. The number of rotatable bonds is 7. The summed E-state index contributed by atoms with van der Waals surface area (Å²) in [4.78, 5) is 35.8. The first-order chi connectivity index (χ1) is 13.5. The van der Waals surface area contributed by atoms with E-state index in [2.05, 4.69) is 10.6 Å². The van der Waals surface area contributed by atoms with Crippen LogP contribution in [0.15, 0.2) is 42.5 Å². The molecule has 0 aromatic heterocycles. The van der Waals surface area contributed by atoms with Crippen molar-refractivity contribution >= 4 is 28.8 Å². The average molecular weight is 400 g/mol. The maximum atomic E-state index is 12.7. The van der Waals surface area contributed by atoms with E-state index in [-0.39, 0.29) is 17.1 Å². The molecule has 1 aliphatic heterocycles. The fourth-order valence-corrected chi connectivity index (χ4v) is 3.68. The van der Waals surface area contributed by atoms with Gasteiger partial charge in [0.1, 0.15) is 11.5 Å². The Kier molecular flexibility index (Phi) is 6.20. The molecule has 1 aliphatic rings. The molecule has 0 spiro atoms. The number of hydrogen-bond acceptors (Lipinski definition) is 6. The Bertz CT molecular complexity index is 898. The number of nitrogens with one attached hydrogen (secondary N) is 2. The van der Waals surface area contributed by atoms with Crippen LogP contribution in [-0.2, 0) is 17.8 Å². The maximum Gasteiger partial charge on any atom is 0.286 e. The number of imide groups is 1. The molecule has 28 heavy (non-hydrogen) atoms. The van der Waals surface area contributed by atoms with Crippen LogP contribution >= 0.6 is 11.8 Å². The van der Waals surface area contributed by atoms with Gasteiger partial charge in [-0.1, -0.05) is 30.0 Å². The van der Waals surface area contributed by atoms with Crippen molar-refractivity contribution in [2.75, 3.05) is 14.2 Å². The first kappa shape index (κ1) is 19.8. The Morgan fingerprint density at radius 3 is 2.39 bits per heavy atom. The molecule has 0 radical (unpaired) electrons. The van der Waals surface area contributed by atoms with E-state index in [0.717, 1.165) is 28.6 Å². The topological polar surface area (TPSA) is 93.7 Å². The predicted octanol–water partition coefficient (Wildman–Crippen LogP) is 2.53. The SMILES string of the molecule is COc1ccc(CNC(=O)c2cc(CC3SC(=O)NC3=O)ccc2OC)cc1. The zero-order valence-electron chi connectivity index (χ0n) is 15.5. The molecule has 1 heterocycles. The monoisotopic (exact) mass is 400 g/mol. The summed E-state index contributed by atoms with van der Waals surface area (Å²) in [5, 5.41) is 4.30. The first-order valence-corrected chi connectivity index (χ1v) is 9.47. The Hall–Kier alpha value is -3.00. The van der Waals surface area contributed by atoms with Crippen LogP contribution in [0.1, 0.15) is 21.5 Å². The molecule has 1 unspecified atom stereocenters. The molecule has 2 aromatic rings. The minimum atomic E-state index is -0.490. The molecule has 0 aliphatic carbocycles. The lowest BCUT2D eigenvalue weighted by atomic mass is 10.0. The highest BCUT2D eigenvalue weighted by Crippen LogP contribution is 2.26. The Labute approximate surface area is 166 Å². The summed E-state index contributed by atoms with van der Waals surface area (Å²) in [5.74, 6) is 0.595. The van der Waals surface area contributed by atoms with Crippen molar-refractivity contribution < 1.29 is 23.9 Å². The minimum Gasteiger partial charge on any atom is -0.497 e. The van der Waals surface area contributed by atoms with Crippen LogP contribution < -0.4 is 20.1 Å². The molecule has 1 saturated heterocycles. The zero-order valence-corrected chi connectivity index (χ0v) is 16.3. The average Bonchev–Trinajstić information content (AvgIpc) is 3.03. The normalized spacial score (nSPS) is 15.9. The molecule has 1 fully saturated rings. The number of benzene rings is 2. The molecule has 2 aromatic carbocycles. The van der Waals surface area contributed by atoms with Gasteiger partial charge in [0, 0.05) is 6.54 Å². The summed E-state index contributed by atoms with van der Waals surface area (Å²) < 4.78 is 10.4. The summed E-state index contributed by atoms with van der Waals surface area (Å²) in [7, 11) is 3.09. The minimum absolute atomic E-state index is 0.283. The van der Waals surface area contributed by atoms with Gasteiger partial charge in [-0.15, -0.1) is 0 Å². The van der Waals surface area contributed by atoms with Crippen molar-refractivity contribution in [1.29, 1.82) is 0 Å². The van der Waals surface area contributed by atoms with E-state index in [1.165, 1.54) is 7.11 Å². The van der Waals surface area contributed by atoms with E-state index in [0.29, 0.717) is 24.3 Å². The standard InChI is InChI=1S/C20H20N2O5S/c1-26-14-6-3-12(4-7-14)11-21-18(23)15-9-13(5-8-16(15)27-2)10-17-19(24)22-20(25)28-17/h3-9,17H,10-11H2,1-2H3,(H,21,23)(H,22,24,25). The van der Waals surface area contributed by atoms with Gasteiger partial charge in [0.2, 0.25) is 5.91 Å². The van der Waals surface area contributed by atoms with E-state index in [1.807, 2.05) is 24.3 Å². The maximum absolute atomic E-state index is 12.7. The Balaban J connectivity index is 1.70. The van der Waals surface area contributed by atoms with Crippen LogP contribution in [0.2, 0.25) is 0 Å². The second kappa shape index (κ2) is 8.79. The number of ether oxygens (including phenoxy) is 2. The molecule has 0 bridgehead atoms. The highest BCUT2D eigenvalue weighted by molar-refractivity contribution is 8.15. The zero-order chi connectivity index (χ0) is 20.1. The van der Waals surface area contributed by atoms with E-state index < -0.39 is 5.25 Å². The van der Waals surface area contributed by atoms with Crippen LogP contribution in [0.3, 0.4) is 0 Å². The molecule has 0 saturated carbocycles. The van der Waals surface area contributed by atoms with Gasteiger partial charge in [-0.2, -0.15) is 0 Å². The highest BCUT2D eigenvalue weighted by atomic mass is 32.2. The summed E-state index contributed by atoms with van der Waals surface area (Å²) in [6, 6.07) is 12.6. The van der Waals surface area contributed by atoms with Crippen molar-refractivity contribution in [2.45, 2.75) is 18.2 Å². The molecule has 7 nitrogen and oxygen atoms in total. The summed E-state index contributed by atoms with van der Waals surface area (Å²) >= 11 is 0.962. The van der Waals surface area contributed by atoms with Gasteiger partial charge in [-0.3, -0.25) is 19.7 Å². The van der Waals surface area contributed by atoms with E-state index in [1.54, 1.807) is 25.3 Å². The van der Waals surface area contributed by atoms with Gasteiger partial charge in [-0.25, -0.2) is 0 Å². The van der Waals surface area contributed by atoms with Gasteiger partial charge in [0.25, 0.3) is 11.1 Å². The van der Waals surface area contributed by atoms with Gasteiger partial charge in [0.15, 0.2) is 0 Å². The van der Waals surface area contributed by atoms with Crippen LogP contribution in [0, 0.1) is 0 Å². The molecular formula is C20H20N2O5S. The lowest BCUT2D eigenvalue weighted by Crippen LogP contribution is -2.26. The quantitative estimate of drug-likeness (QED) is 0.742. The fourth-order valence-electron chi connectivity index (χ4n) is 2.82. The number of carbonyl (C=O) groups is 3. The Morgan fingerprint density at radius 1 is 1.07 bits per heavy atom. The fraction of sp³-hybridized carbons (Fsp3) is 0.250. The Morgan fingerprint density at radius 2 is 1.79 bits per heavy atom. The van der Waals surface area contributed by atoms with Crippen molar-refractivity contribution in [2.24, 2.45) is 0 Å². The number of thioether (sulfide) groups is 1. The lowest BCUT2D eigenvalue weighted by Gasteiger charge is -2.12. The molecular weight excluding hydrogens is 380 g/mol. The van der Waals surface area contributed by atoms with Crippen molar-refractivity contribution in [3.05, 3.63) is 59.2 Å². The number of methoxy groups -OCH3 is 2. The molecule has 8 heteroatoms. The van der Waals surface area contributed by atoms with Gasteiger partial charge >= 0.3 is 0 Å². The smallest absolute Gasteiger partial charge is 0.286 e. The number of carbonyl (C=O) groups excluding carboxylic acids is 3. The van der Waals surface area contributed by atoms with Gasteiger partial charge < -0.3 is 14.8 Å². The third-order valence-corrected chi connectivity index (χ3v) is 5.29. The third kappa shape index (κ3) is 4.64. The molecule has 146 valence electrons. The largest absolute Gasteiger partial charge is 0.497 e. The van der Waals surface area contributed by atoms with Crippen molar-refractivity contribution in [3.8, 4) is 11.5 Å². The summed E-state index contributed by atoms with van der Waals surface area (Å²) in [6.45, 7) is 0.353. The molecule has 1 atom stereocenters. The summed E-state index contributed by atoms with van der Waals surface area (Å²) in [5.41, 5.74) is 2.09. The van der Waals surface area contributed by atoms with Crippen LogP contribution in [0.5, 0.6) is 11.5 Å². The molecule has 2 N–H and O–H groups in total. The molecule has 3 rings (SSSR count). The van der Waals surface area contributed by atoms with Gasteiger partial charge in [-0.05, 0) is 41.8 Å². The van der Waals surface area contributed by atoms with E-state index in [9.17, 15) is 14.4 Å². The van der Waals surface area contributed by atoms with E-state index in [4.69, 9.17) is 9.47 Å². The van der Waals surface area contributed by atoms with Crippen molar-refractivity contribution in [3.63, 3.8) is 0 Å². The van der Waals surface area contributed by atoms with Gasteiger partial charge in [0.05, 0.1) is 25.0 Å². The van der Waals surface area contributed by atoms with Crippen LogP contribution in [0.25, 0.3) is 0 Å². The number of amides is 3. The third-order valence-electron chi connectivity index (χ3n) is 4.31.